The minimum Gasteiger partial charge on any atom is -0.507 e. The molecule has 0 radical (unpaired) electrons. The van der Waals surface area contributed by atoms with E-state index in [1.165, 1.54) is 6.07 Å². The summed E-state index contributed by atoms with van der Waals surface area (Å²) in [6.07, 6.45) is 3.00. The van der Waals surface area contributed by atoms with Crippen LogP contribution in [-0.2, 0) is 18.4 Å². The van der Waals surface area contributed by atoms with Gasteiger partial charge in [0.15, 0.2) is 0 Å². The van der Waals surface area contributed by atoms with E-state index in [1.54, 1.807) is 29.8 Å². The number of nitrogens with zero attached hydrogens (tertiary/aromatic N) is 2. The number of benzene rings is 2. The monoisotopic (exact) mass is 517 g/mol. The van der Waals surface area contributed by atoms with E-state index in [2.05, 4.69) is 20.9 Å². The van der Waals surface area contributed by atoms with Crippen LogP contribution >= 0.6 is 23.2 Å². The van der Waals surface area contributed by atoms with Crippen molar-refractivity contribution in [2.75, 3.05) is 5.32 Å². The molecule has 1 fully saturated rings. The van der Waals surface area contributed by atoms with Gasteiger partial charge < -0.3 is 25.6 Å². The predicted octanol–water partition coefficient (Wildman–Crippen LogP) is 5.27. The van der Waals surface area contributed by atoms with Gasteiger partial charge in [-0.1, -0.05) is 50.0 Å². The normalized spacial score (nSPS) is 14.0. The second-order valence-electron chi connectivity index (χ2n) is 9.91. The molecule has 10 heteroatoms. The van der Waals surface area contributed by atoms with Gasteiger partial charge in [-0.2, -0.15) is 0 Å². The van der Waals surface area contributed by atoms with Crippen LogP contribution in [0.25, 0.3) is 11.0 Å². The molecule has 2 amide bonds. The third kappa shape index (κ3) is 5.18. The Labute approximate surface area is 214 Å². The molecule has 1 aromatic heterocycles. The average Bonchev–Trinajstić information content (AvgIpc) is 3.06. The molecule has 186 valence electrons. The second kappa shape index (κ2) is 9.59. The number of phenolic OH excluding ortho intramolecular Hbond substituents is 1. The summed E-state index contributed by atoms with van der Waals surface area (Å²) >= 11 is 13.1. The highest BCUT2D eigenvalue weighted by Gasteiger charge is 2.24. The highest BCUT2D eigenvalue weighted by Crippen LogP contribution is 2.36. The minimum atomic E-state index is -0.522. The maximum Gasteiger partial charge on any atom is 0.255 e. The Morgan fingerprint density at radius 2 is 1.91 bits per heavy atom. The number of phenols is 1. The van der Waals surface area contributed by atoms with E-state index in [0.717, 1.165) is 19.3 Å². The van der Waals surface area contributed by atoms with Gasteiger partial charge in [-0.25, -0.2) is 4.98 Å². The summed E-state index contributed by atoms with van der Waals surface area (Å²) in [5.74, 6) is -0.0946. The van der Waals surface area contributed by atoms with Crippen LogP contribution in [0.15, 0.2) is 24.3 Å². The van der Waals surface area contributed by atoms with E-state index in [1.807, 2.05) is 20.8 Å². The van der Waals surface area contributed by atoms with Gasteiger partial charge in [-0.05, 0) is 37.0 Å². The Morgan fingerprint density at radius 1 is 1.20 bits per heavy atom. The molecule has 35 heavy (non-hydrogen) atoms. The number of anilines is 2. The zero-order chi connectivity index (χ0) is 25.5. The van der Waals surface area contributed by atoms with E-state index in [4.69, 9.17) is 23.2 Å². The van der Waals surface area contributed by atoms with Crippen LogP contribution in [0.5, 0.6) is 5.75 Å². The highest BCUT2D eigenvalue weighted by atomic mass is 35.5. The lowest BCUT2D eigenvalue weighted by molar-refractivity contribution is -0.128. The number of imidazole rings is 1. The van der Waals surface area contributed by atoms with Gasteiger partial charge in [0.25, 0.3) is 5.91 Å². The number of hydrogen-bond donors (Lipinski definition) is 4. The van der Waals surface area contributed by atoms with Gasteiger partial charge in [-0.3, -0.25) is 9.59 Å². The molecule has 8 nitrogen and oxygen atoms in total. The van der Waals surface area contributed by atoms with Crippen LogP contribution in [0, 0.1) is 5.41 Å². The van der Waals surface area contributed by atoms with Gasteiger partial charge in [0.2, 0.25) is 11.9 Å². The zero-order valence-corrected chi connectivity index (χ0v) is 21.6. The number of nitrogens with one attached hydrogen (secondary N) is 3. The first-order chi connectivity index (χ1) is 16.5. The van der Waals surface area contributed by atoms with Crippen LogP contribution in [0.4, 0.5) is 11.6 Å². The van der Waals surface area contributed by atoms with E-state index in [-0.39, 0.29) is 35.7 Å². The number of carbonyl (C=O) groups is 2. The van der Waals surface area contributed by atoms with Crippen molar-refractivity contribution in [2.24, 2.45) is 12.5 Å². The number of halogens is 2. The summed E-state index contributed by atoms with van der Waals surface area (Å²) in [5.41, 5.74) is 1.97. The van der Waals surface area contributed by atoms with Gasteiger partial charge >= 0.3 is 0 Å². The molecular weight excluding hydrogens is 489 g/mol. The van der Waals surface area contributed by atoms with Crippen LogP contribution < -0.4 is 16.0 Å². The predicted molar refractivity (Wildman–Crippen MR) is 139 cm³/mol. The smallest absolute Gasteiger partial charge is 0.255 e. The number of fused-ring (bicyclic) bond motifs is 1. The lowest BCUT2D eigenvalue weighted by Gasteiger charge is -2.26. The zero-order valence-electron chi connectivity index (χ0n) is 20.1. The molecule has 2 aromatic carbocycles. The first kappa shape index (κ1) is 25.1. The van der Waals surface area contributed by atoms with Crippen LogP contribution in [0.2, 0.25) is 10.0 Å². The Bertz CT molecular complexity index is 1310. The molecule has 0 atom stereocenters. The summed E-state index contributed by atoms with van der Waals surface area (Å²) < 4.78 is 1.74. The molecule has 0 unspecified atom stereocenters. The lowest BCUT2D eigenvalue weighted by Crippen LogP contribution is -2.39. The molecule has 1 saturated carbocycles. The maximum atomic E-state index is 12.6. The number of carbonyl (C=O) groups excluding carboxylic acids is 2. The van der Waals surface area contributed by atoms with Crippen molar-refractivity contribution in [2.45, 2.75) is 52.6 Å². The number of aryl methyl sites for hydroxylation is 1. The third-order valence-electron chi connectivity index (χ3n) is 6.21. The van der Waals surface area contributed by atoms with E-state index < -0.39 is 5.41 Å². The Kier molecular flexibility index (Phi) is 6.88. The number of amides is 2. The van der Waals surface area contributed by atoms with Gasteiger partial charge in [0.05, 0.1) is 32.3 Å². The molecule has 1 aliphatic rings. The van der Waals surface area contributed by atoms with Crippen LogP contribution in [-0.4, -0.2) is 32.5 Å². The molecule has 0 saturated heterocycles. The molecule has 0 aliphatic heterocycles. The molecular formula is C25H29Cl2N5O3. The first-order valence-electron chi connectivity index (χ1n) is 11.5. The van der Waals surface area contributed by atoms with E-state index in [0.29, 0.717) is 38.3 Å². The fourth-order valence-electron chi connectivity index (χ4n) is 3.74. The van der Waals surface area contributed by atoms with Crippen LogP contribution in [0.3, 0.4) is 0 Å². The quantitative estimate of drug-likeness (QED) is 0.356. The SMILES string of the molecule is Cn1c(Nc2c(Cl)ccc(CNC(=O)C(C)(C)C)c2Cl)nc2cc(C(=O)NC3CCC3)c(O)cc21. The third-order valence-corrected chi connectivity index (χ3v) is 6.96. The summed E-state index contributed by atoms with van der Waals surface area (Å²) in [5, 5.41) is 20.2. The summed E-state index contributed by atoms with van der Waals surface area (Å²) in [6.45, 7) is 5.76. The van der Waals surface area contributed by atoms with Gasteiger partial charge in [0.1, 0.15) is 5.75 Å². The summed E-state index contributed by atoms with van der Waals surface area (Å²) in [6, 6.07) is 6.71. The fraction of sp³-hybridized carbons (Fsp3) is 0.400. The number of hydrogen-bond acceptors (Lipinski definition) is 5. The average molecular weight is 518 g/mol. The van der Waals surface area contributed by atoms with Gasteiger partial charge in [0, 0.05) is 31.1 Å². The Hall–Kier alpha value is -2.97. The van der Waals surface area contributed by atoms with E-state index >= 15 is 0 Å². The Balaban J connectivity index is 1.61. The fourth-order valence-corrected chi connectivity index (χ4v) is 4.27. The van der Waals surface area contributed by atoms with E-state index in [9.17, 15) is 14.7 Å². The van der Waals surface area contributed by atoms with Crippen molar-refractivity contribution in [1.29, 1.82) is 0 Å². The number of aromatic nitrogens is 2. The molecule has 1 heterocycles. The molecule has 0 spiro atoms. The van der Waals surface area contributed by atoms with Crippen molar-refractivity contribution in [3.8, 4) is 5.75 Å². The van der Waals surface area contributed by atoms with Crippen LogP contribution in [0.1, 0.15) is 56.0 Å². The van der Waals surface area contributed by atoms with Crippen molar-refractivity contribution in [1.82, 2.24) is 20.2 Å². The van der Waals surface area contributed by atoms with Crippen molar-refractivity contribution in [3.63, 3.8) is 0 Å². The van der Waals surface area contributed by atoms with Crippen molar-refractivity contribution < 1.29 is 14.7 Å². The highest BCUT2D eigenvalue weighted by molar-refractivity contribution is 6.39. The minimum absolute atomic E-state index is 0.0923. The lowest BCUT2D eigenvalue weighted by atomic mass is 9.93. The standard InChI is InChI=1S/C25H29Cl2N5O3/c1-25(2,3)23(35)28-12-13-8-9-16(26)21(20(13)27)31-24-30-17-10-15(19(33)11-18(17)32(24)4)22(34)29-14-6-5-7-14/h8-11,14,33H,5-7,12H2,1-4H3,(H,28,35)(H,29,34)(H,30,31). The summed E-state index contributed by atoms with van der Waals surface area (Å²) in [7, 11) is 1.78. The van der Waals surface area contributed by atoms with Crippen molar-refractivity contribution in [3.05, 3.63) is 45.4 Å². The molecule has 4 rings (SSSR count). The summed E-state index contributed by atoms with van der Waals surface area (Å²) in [4.78, 5) is 29.5. The van der Waals surface area contributed by atoms with Gasteiger partial charge in [-0.15, -0.1) is 0 Å². The molecule has 0 bridgehead atoms. The molecule has 1 aliphatic carbocycles. The largest absolute Gasteiger partial charge is 0.507 e. The maximum absolute atomic E-state index is 12.6. The number of aromatic hydroxyl groups is 1. The van der Waals surface area contributed by atoms with Crippen molar-refractivity contribution >= 4 is 57.7 Å². The Morgan fingerprint density at radius 3 is 2.54 bits per heavy atom. The topological polar surface area (TPSA) is 108 Å². The second-order valence-corrected chi connectivity index (χ2v) is 10.7. The first-order valence-corrected chi connectivity index (χ1v) is 12.2. The number of rotatable bonds is 6. The molecule has 4 N–H and O–H groups in total. The molecule has 3 aromatic rings.